The second-order valence-corrected chi connectivity index (χ2v) is 2.33. The largest absolute Gasteiger partial charge is 0.383 e. The van der Waals surface area contributed by atoms with E-state index >= 15 is 0 Å². The van der Waals surface area contributed by atoms with Gasteiger partial charge in [-0.05, 0) is 13.0 Å². The Hall–Kier alpha value is -0.220. The van der Waals surface area contributed by atoms with Crippen LogP contribution in [0.4, 0.5) is 8.78 Å². The van der Waals surface area contributed by atoms with E-state index in [0.29, 0.717) is 6.54 Å². The third-order valence-electron chi connectivity index (χ3n) is 1.57. The van der Waals surface area contributed by atoms with Gasteiger partial charge in [0, 0.05) is 6.54 Å². The standard InChI is InChI=1S/C5H9F2NO/c6-4(7)5(9)1-2-8-3-5/h4,8-9H,1-3H2. The fraction of sp³-hybridized carbons (Fsp3) is 1.00. The predicted molar refractivity (Wildman–Crippen MR) is 28.4 cm³/mol. The topological polar surface area (TPSA) is 32.3 Å². The van der Waals surface area contributed by atoms with Crippen LogP contribution in [0.15, 0.2) is 0 Å². The molecule has 0 spiro atoms. The van der Waals surface area contributed by atoms with E-state index in [9.17, 15) is 8.78 Å². The summed E-state index contributed by atoms with van der Waals surface area (Å²) in [6, 6.07) is 0. The molecule has 0 aromatic carbocycles. The van der Waals surface area contributed by atoms with Crippen LogP contribution in [-0.2, 0) is 0 Å². The van der Waals surface area contributed by atoms with Crippen molar-refractivity contribution >= 4 is 0 Å². The molecule has 1 heterocycles. The lowest BCUT2D eigenvalue weighted by atomic mass is 10.1. The fourth-order valence-electron chi connectivity index (χ4n) is 0.884. The van der Waals surface area contributed by atoms with E-state index in [1.165, 1.54) is 0 Å². The highest BCUT2D eigenvalue weighted by Gasteiger charge is 2.40. The molecular weight excluding hydrogens is 128 g/mol. The van der Waals surface area contributed by atoms with Gasteiger partial charge in [-0.15, -0.1) is 0 Å². The Kier molecular flexibility index (Phi) is 1.68. The number of hydrogen-bond acceptors (Lipinski definition) is 2. The second-order valence-electron chi connectivity index (χ2n) is 2.33. The smallest absolute Gasteiger partial charge is 0.268 e. The van der Waals surface area contributed by atoms with Gasteiger partial charge in [-0.1, -0.05) is 0 Å². The zero-order chi connectivity index (χ0) is 6.91. The van der Waals surface area contributed by atoms with Gasteiger partial charge in [-0.2, -0.15) is 0 Å². The van der Waals surface area contributed by atoms with Crippen molar-refractivity contribution in [2.24, 2.45) is 0 Å². The Bertz CT molecular complexity index is 101. The minimum absolute atomic E-state index is 0.0185. The Balaban J connectivity index is 2.51. The molecule has 0 bridgehead atoms. The minimum Gasteiger partial charge on any atom is -0.383 e. The molecule has 0 saturated carbocycles. The van der Waals surface area contributed by atoms with Crippen LogP contribution in [0.5, 0.6) is 0 Å². The first-order valence-electron chi connectivity index (χ1n) is 2.86. The van der Waals surface area contributed by atoms with Crippen molar-refractivity contribution in [3.63, 3.8) is 0 Å². The van der Waals surface area contributed by atoms with Crippen molar-refractivity contribution in [3.05, 3.63) is 0 Å². The molecule has 0 amide bonds. The number of alkyl halides is 2. The predicted octanol–water partition coefficient (Wildman–Crippen LogP) is -0.0241. The van der Waals surface area contributed by atoms with Gasteiger partial charge in [-0.3, -0.25) is 0 Å². The molecule has 1 aliphatic rings. The summed E-state index contributed by atoms with van der Waals surface area (Å²) in [6.45, 7) is 0.505. The first kappa shape index (κ1) is 6.89. The van der Waals surface area contributed by atoms with E-state index in [2.05, 4.69) is 5.32 Å². The summed E-state index contributed by atoms with van der Waals surface area (Å²) in [4.78, 5) is 0. The summed E-state index contributed by atoms with van der Waals surface area (Å²) in [5.41, 5.74) is -1.75. The Morgan fingerprint density at radius 3 is 2.44 bits per heavy atom. The molecular formula is C5H9F2NO. The average Bonchev–Trinajstić information content (AvgIpc) is 2.16. The van der Waals surface area contributed by atoms with E-state index in [0.717, 1.165) is 0 Å². The minimum atomic E-state index is -2.62. The summed E-state index contributed by atoms with van der Waals surface area (Å²) in [7, 11) is 0. The van der Waals surface area contributed by atoms with Gasteiger partial charge in [0.25, 0.3) is 6.43 Å². The maximum Gasteiger partial charge on any atom is 0.268 e. The molecule has 0 aliphatic carbocycles. The summed E-state index contributed by atoms with van der Waals surface area (Å²) in [5.74, 6) is 0. The molecule has 1 atom stereocenters. The van der Waals surface area contributed by atoms with Gasteiger partial charge < -0.3 is 10.4 Å². The van der Waals surface area contributed by atoms with Crippen LogP contribution in [0.3, 0.4) is 0 Å². The highest BCUT2D eigenvalue weighted by molar-refractivity contribution is 4.89. The average molecular weight is 137 g/mol. The van der Waals surface area contributed by atoms with Crippen LogP contribution < -0.4 is 5.32 Å². The summed E-state index contributed by atoms with van der Waals surface area (Å²) >= 11 is 0. The SMILES string of the molecule is OC1(C(F)F)CCNC1. The first-order chi connectivity index (χ1) is 4.15. The summed E-state index contributed by atoms with van der Waals surface area (Å²) in [6.07, 6.45) is -2.46. The first-order valence-corrected chi connectivity index (χ1v) is 2.86. The zero-order valence-corrected chi connectivity index (χ0v) is 4.90. The molecule has 1 aliphatic heterocycles. The summed E-state index contributed by atoms with van der Waals surface area (Å²) < 4.78 is 23.7. The van der Waals surface area contributed by atoms with Crippen molar-refractivity contribution in [1.82, 2.24) is 5.32 Å². The summed E-state index contributed by atoms with van der Waals surface area (Å²) in [5, 5.41) is 11.6. The Morgan fingerprint density at radius 2 is 2.22 bits per heavy atom. The molecule has 1 saturated heterocycles. The fourth-order valence-corrected chi connectivity index (χ4v) is 0.884. The molecule has 2 nitrogen and oxygen atoms in total. The van der Waals surface area contributed by atoms with Crippen LogP contribution >= 0.6 is 0 Å². The van der Waals surface area contributed by atoms with Crippen LogP contribution in [0.2, 0.25) is 0 Å². The highest BCUT2D eigenvalue weighted by atomic mass is 19.3. The number of nitrogens with one attached hydrogen (secondary N) is 1. The van der Waals surface area contributed by atoms with E-state index in [4.69, 9.17) is 5.11 Å². The van der Waals surface area contributed by atoms with E-state index in [1.54, 1.807) is 0 Å². The van der Waals surface area contributed by atoms with E-state index in [-0.39, 0.29) is 13.0 Å². The normalized spacial score (nSPS) is 36.0. The highest BCUT2D eigenvalue weighted by Crippen LogP contribution is 2.21. The molecule has 9 heavy (non-hydrogen) atoms. The van der Waals surface area contributed by atoms with Gasteiger partial charge in [0.1, 0.15) is 5.60 Å². The number of hydrogen-bond donors (Lipinski definition) is 2. The van der Waals surface area contributed by atoms with Crippen molar-refractivity contribution in [2.45, 2.75) is 18.4 Å². The van der Waals surface area contributed by atoms with Gasteiger partial charge in [0.05, 0.1) is 0 Å². The van der Waals surface area contributed by atoms with Gasteiger partial charge in [0.2, 0.25) is 0 Å². The lowest BCUT2D eigenvalue weighted by Crippen LogP contribution is -2.39. The van der Waals surface area contributed by atoms with Gasteiger partial charge in [0.15, 0.2) is 0 Å². The lowest BCUT2D eigenvalue weighted by Gasteiger charge is -2.18. The van der Waals surface area contributed by atoms with Crippen molar-refractivity contribution in [1.29, 1.82) is 0 Å². The van der Waals surface area contributed by atoms with Crippen LogP contribution in [-0.4, -0.2) is 30.2 Å². The molecule has 1 unspecified atom stereocenters. The van der Waals surface area contributed by atoms with Crippen molar-refractivity contribution in [2.75, 3.05) is 13.1 Å². The number of halogens is 2. The third kappa shape index (κ3) is 1.19. The molecule has 1 rings (SSSR count). The quantitative estimate of drug-likeness (QED) is 0.532. The van der Waals surface area contributed by atoms with Gasteiger partial charge in [-0.25, -0.2) is 8.78 Å². The molecule has 0 aromatic heterocycles. The number of aliphatic hydroxyl groups is 1. The number of β-amino-alcohol motifs (C(OH)–C–C–N with tert-alkyl or cyclic N) is 1. The van der Waals surface area contributed by atoms with Crippen LogP contribution in [0, 0.1) is 0 Å². The van der Waals surface area contributed by atoms with Gasteiger partial charge >= 0.3 is 0 Å². The second kappa shape index (κ2) is 2.19. The maximum atomic E-state index is 11.8. The van der Waals surface area contributed by atoms with E-state index in [1.807, 2.05) is 0 Å². The lowest BCUT2D eigenvalue weighted by molar-refractivity contribution is -0.0812. The van der Waals surface area contributed by atoms with Crippen molar-refractivity contribution < 1.29 is 13.9 Å². The molecule has 0 radical (unpaired) electrons. The third-order valence-corrected chi connectivity index (χ3v) is 1.57. The van der Waals surface area contributed by atoms with Crippen molar-refractivity contribution in [3.8, 4) is 0 Å². The molecule has 4 heteroatoms. The molecule has 54 valence electrons. The molecule has 1 fully saturated rings. The molecule has 0 aromatic rings. The zero-order valence-electron chi connectivity index (χ0n) is 4.90. The number of rotatable bonds is 1. The van der Waals surface area contributed by atoms with Crippen LogP contribution in [0.1, 0.15) is 6.42 Å². The Labute approximate surface area is 51.9 Å². The monoisotopic (exact) mass is 137 g/mol. The van der Waals surface area contributed by atoms with Crippen LogP contribution in [0.25, 0.3) is 0 Å². The molecule has 2 N–H and O–H groups in total. The van der Waals surface area contributed by atoms with E-state index < -0.39 is 12.0 Å². The Morgan fingerprint density at radius 1 is 1.56 bits per heavy atom. The maximum absolute atomic E-state index is 11.8.